The normalized spacial score (nSPS) is 15.7. The third-order valence-electron chi connectivity index (χ3n) is 4.60. The van der Waals surface area contributed by atoms with Crippen molar-refractivity contribution < 1.29 is 4.79 Å². The molecule has 1 fully saturated rings. The quantitative estimate of drug-likeness (QED) is 0.795. The Morgan fingerprint density at radius 1 is 1.22 bits per heavy atom. The lowest BCUT2D eigenvalue weighted by molar-refractivity contribution is -0.123. The zero-order chi connectivity index (χ0) is 15.8. The smallest absolute Gasteiger partial charge is 0.220 e. The molecule has 1 aromatic carbocycles. The highest BCUT2D eigenvalue weighted by Crippen LogP contribution is 2.19. The highest BCUT2D eigenvalue weighted by atomic mass is 35.5. The van der Waals surface area contributed by atoms with E-state index in [2.05, 4.69) is 48.7 Å². The van der Waals surface area contributed by atoms with Gasteiger partial charge in [-0.05, 0) is 70.5 Å². The fourth-order valence-corrected chi connectivity index (χ4v) is 3.11. The number of hydrogen-bond acceptors (Lipinski definition) is 2. The second-order valence-corrected chi connectivity index (χ2v) is 7.15. The summed E-state index contributed by atoms with van der Waals surface area (Å²) in [5.41, 5.74) is 1.20. The van der Waals surface area contributed by atoms with Crippen molar-refractivity contribution >= 4 is 18.3 Å². The largest absolute Gasteiger partial charge is 0.351 e. The molecule has 0 atom stereocenters. The maximum atomic E-state index is 12.2. The highest BCUT2D eigenvalue weighted by molar-refractivity contribution is 5.85. The van der Waals surface area contributed by atoms with E-state index in [-0.39, 0.29) is 23.9 Å². The number of carbonyl (C=O) groups is 1. The summed E-state index contributed by atoms with van der Waals surface area (Å²) < 4.78 is 0. The molecule has 23 heavy (non-hydrogen) atoms. The van der Waals surface area contributed by atoms with Gasteiger partial charge in [0.1, 0.15) is 0 Å². The Morgan fingerprint density at radius 3 is 2.52 bits per heavy atom. The van der Waals surface area contributed by atoms with Crippen LogP contribution in [-0.4, -0.2) is 24.5 Å². The Hall–Kier alpha value is -1.06. The number of carbonyl (C=O) groups excluding carboxylic acids is 1. The van der Waals surface area contributed by atoms with Gasteiger partial charge in [0.2, 0.25) is 5.91 Å². The van der Waals surface area contributed by atoms with Crippen LogP contribution in [0.25, 0.3) is 0 Å². The Labute approximate surface area is 147 Å². The van der Waals surface area contributed by atoms with E-state index in [0.717, 1.165) is 38.3 Å². The molecule has 130 valence electrons. The lowest BCUT2D eigenvalue weighted by Gasteiger charge is -2.27. The van der Waals surface area contributed by atoms with Crippen molar-refractivity contribution in [2.45, 2.75) is 57.9 Å². The van der Waals surface area contributed by atoms with E-state index in [0.29, 0.717) is 6.42 Å². The number of aryl methyl sites for hydroxylation is 1. The van der Waals surface area contributed by atoms with Crippen molar-refractivity contribution in [3.8, 4) is 0 Å². The molecule has 3 nitrogen and oxygen atoms in total. The fraction of sp³-hybridized carbons (Fsp3) is 0.632. The summed E-state index contributed by atoms with van der Waals surface area (Å²) in [6, 6.07) is 10.5. The van der Waals surface area contributed by atoms with Crippen LogP contribution in [0.1, 0.15) is 51.5 Å². The highest BCUT2D eigenvalue weighted by Gasteiger charge is 2.21. The average Bonchev–Trinajstić information content (AvgIpc) is 2.53. The van der Waals surface area contributed by atoms with E-state index in [1.807, 2.05) is 6.07 Å². The van der Waals surface area contributed by atoms with Gasteiger partial charge in [-0.15, -0.1) is 12.4 Å². The van der Waals surface area contributed by atoms with Crippen molar-refractivity contribution in [1.82, 2.24) is 10.6 Å². The van der Waals surface area contributed by atoms with E-state index < -0.39 is 0 Å². The van der Waals surface area contributed by atoms with Gasteiger partial charge in [0.25, 0.3) is 0 Å². The third kappa shape index (κ3) is 7.85. The van der Waals surface area contributed by atoms with Gasteiger partial charge in [-0.2, -0.15) is 0 Å². The van der Waals surface area contributed by atoms with E-state index in [1.165, 1.54) is 18.4 Å². The molecule has 1 aliphatic heterocycles. The molecule has 0 spiro atoms. The molecule has 0 radical (unpaired) electrons. The van der Waals surface area contributed by atoms with Crippen LogP contribution in [0.4, 0.5) is 0 Å². The van der Waals surface area contributed by atoms with Crippen LogP contribution in [-0.2, 0) is 11.2 Å². The second-order valence-electron chi connectivity index (χ2n) is 7.15. The zero-order valence-corrected chi connectivity index (χ0v) is 15.3. The molecular weight excluding hydrogens is 308 g/mol. The number of hydrogen-bond donors (Lipinski definition) is 2. The molecule has 0 aromatic heterocycles. The average molecular weight is 339 g/mol. The first-order valence-corrected chi connectivity index (χ1v) is 8.61. The topological polar surface area (TPSA) is 41.1 Å². The maximum absolute atomic E-state index is 12.2. The van der Waals surface area contributed by atoms with Crippen LogP contribution in [0.15, 0.2) is 30.3 Å². The summed E-state index contributed by atoms with van der Waals surface area (Å²) >= 11 is 0. The summed E-state index contributed by atoms with van der Waals surface area (Å²) in [4.78, 5) is 12.2. The molecule has 1 aromatic rings. The molecule has 0 saturated carbocycles. The minimum Gasteiger partial charge on any atom is -0.351 e. The van der Waals surface area contributed by atoms with Crippen LogP contribution in [0.3, 0.4) is 0 Å². The predicted molar refractivity (Wildman–Crippen MR) is 99.1 cm³/mol. The van der Waals surface area contributed by atoms with Crippen LogP contribution in [0.2, 0.25) is 0 Å². The van der Waals surface area contributed by atoms with Crippen molar-refractivity contribution in [2.75, 3.05) is 13.1 Å². The molecule has 2 rings (SSSR count). The minimum atomic E-state index is -0.138. The first-order chi connectivity index (χ1) is 10.6. The standard InChI is InChI=1S/C19H30N2O.ClH/c1-19(2,13-10-16-6-4-3-5-7-16)21-18(22)9-8-17-11-14-20-15-12-17;/h3-7,17,20H,8-15H2,1-2H3,(H,21,22);1H. The molecular formula is C19H31ClN2O. The van der Waals surface area contributed by atoms with E-state index in [9.17, 15) is 4.79 Å². The second kappa shape index (κ2) is 9.94. The van der Waals surface area contributed by atoms with Crippen LogP contribution >= 0.6 is 12.4 Å². The number of amides is 1. The molecule has 1 amide bonds. The van der Waals surface area contributed by atoms with Gasteiger partial charge in [-0.1, -0.05) is 30.3 Å². The lowest BCUT2D eigenvalue weighted by atomic mass is 9.92. The van der Waals surface area contributed by atoms with Gasteiger partial charge in [-0.25, -0.2) is 0 Å². The van der Waals surface area contributed by atoms with Crippen LogP contribution in [0, 0.1) is 5.92 Å². The van der Waals surface area contributed by atoms with Crippen molar-refractivity contribution in [1.29, 1.82) is 0 Å². The summed E-state index contributed by atoms with van der Waals surface area (Å²) in [5, 5.41) is 6.58. The maximum Gasteiger partial charge on any atom is 0.220 e. The van der Waals surface area contributed by atoms with Gasteiger partial charge in [0, 0.05) is 12.0 Å². The SMILES string of the molecule is CC(C)(CCc1ccccc1)NC(=O)CCC1CCNCC1.Cl. The summed E-state index contributed by atoms with van der Waals surface area (Å²) in [6.07, 6.45) is 6.09. The third-order valence-corrected chi connectivity index (χ3v) is 4.60. The lowest BCUT2D eigenvalue weighted by Crippen LogP contribution is -2.43. The van der Waals surface area contributed by atoms with Crippen molar-refractivity contribution in [3.63, 3.8) is 0 Å². The summed E-state index contributed by atoms with van der Waals surface area (Å²) in [7, 11) is 0. The number of halogens is 1. The Bertz CT molecular complexity index is 456. The number of piperidine rings is 1. The summed E-state index contributed by atoms with van der Waals surface area (Å²) in [5.74, 6) is 0.927. The van der Waals surface area contributed by atoms with E-state index in [1.54, 1.807) is 0 Å². The molecule has 1 saturated heterocycles. The molecule has 1 heterocycles. The first-order valence-electron chi connectivity index (χ1n) is 8.61. The van der Waals surface area contributed by atoms with Crippen LogP contribution < -0.4 is 10.6 Å². The first kappa shape index (κ1) is 20.0. The van der Waals surface area contributed by atoms with Crippen LogP contribution in [0.5, 0.6) is 0 Å². The molecule has 2 N–H and O–H groups in total. The Balaban J connectivity index is 0.00000264. The van der Waals surface area contributed by atoms with Gasteiger partial charge in [0.15, 0.2) is 0 Å². The summed E-state index contributed by atoms with van der Waals surface area (Å²) in [6.45, 7) is 6.46. The predicted octanol–water partition coefficient (Wildman–Crippen LogP) is 3.72. The molecule has 1 aliphatic rings. The number of nitrogens with one attached hydrogen (secondary N) is 2. The number of benzene rings is 1. The van der Waals surface area contributed by atoms with E-state index >= 15 is 0 Å². The molecule has 0 unspecified atom stereocenters. The fourth-order valence-electron chi connectivity index (χ4n) is 3.11. The van der Waals surface area contributed by atoms with Crippen molar-refractivity contribution in [3.05, 3.63) is 35.9 Å². The van der Waals surface area contributed by atoms with Crippen molar-refractivity contribution in [2.24, 2.45) is 5.92 Å². The molecule has 0 aliphatic carbocycles. The molecule has 0 bridgehead atoms. The Kier molecular flexibility index (Phi) is 8.64. The minimum absolute atomic E-state index is 0. The monoisotopic (exact) mass is 338 g/mol. The van der Waals surface area contributed by atoms with Gasteiger partial charge >= 0.3 is 0 Å². The van der Waals surface area contributed by atoms with E-state index in [4.69, 9.17) is 0 Å². The van der Waals surface area contributed by atoms with Gasteiger partial charge in [-0.3, -0.25) is 4.79 Å². The van der Waals surface area contributed by atoms with Gasteiger partial charge in [0.05, 0.1) is 0 Å². The van der Waals surface area contributed by atoms with Gasteiger partial charge < -0.3 is 10.6 Å². The Morgan fingerprint density at radius 2 is 1.87 bits per heavy atom. The molecule has 4 heteroatoms. The zero-order valence-electron chi connectivity index (χ0n) is 14.4. The number of rotatable bonds is 7.